The van der Waals surface area contributed by atoms with E-state index in [1.165, 1.54) is 0 Å². The lowest BCUT2D eigenvalue weighted by Crippen LogP contribution is -2.30. The van der Waals surface area contributed by atoms with Gasteiger partial charge in [-0.05, 0) is 41.0 Å². The van der Waals surface area contributed by atoms with Crippen LogP contribution >= 0.6 is 0 Å². The molecular formula is C24H23NO4. The number of carboxylic acids is 1. The Morgan fingerprint density at radius 2 is 1.28 bits per heavy atom. The van der Waals surface area contributed by atoms with Gasteiger partial charge in [-0.25, -0.2) is 4.79 Å². The van der Waals surface area contributed by atoms with Crippen LogP contribution in [0.2, 0.25) is 0 Å². The normalized spacial score (nSPS) is 10.5. The van der Waals surface area contributed by atoms with Crippen molar-refractivity contribution in [3.8, 4) is 0 Å². The van der Waals surface area contributed by atoms with Gasteiger partial charge in [0.15, 0.2) is 0 Å². The Bertz CT molecular complexity index is 950. The Labute approximate surface area is 170 Å². The topological polar surface area (TPSA) is 66.8 Å². The second kappa shape index (κ2) is 9.66. The fraction of sp³-hybridized carbons (Fsp3) is 0.167. The van der Waals surface area contributed by atoms with Gasteiger partial charge in [0.1, 0.15) is 0 Å². The summed E-state index contributed by atoms with van der Waals surface area (Å²) in [7, 11) is 1.64. The number of benzene rings is 3. The molecule has 0 fully saturated rings. The third kappa shape index (κ3) is 5.53. The summed E-state index contributed by atoms with van der Waals surface area (Å²) in [5.41, 5.74) is 3.73. The summed E-state index contributed by atoms with van der Waals surface area (Å²) in [6.45, 7) is 1.34. The van der Waals surface area contributed by atoms with Crippen LogP contribution in [-0.4, -0.2) is 29.0 Å². The molecular weight excluding hydrogens is 366 g/mol. The molecule has 5 heteroatoms. The van der Waals surface area contributed by atoms with E-state index in [2.05, 4.69) is 0 Å². The lowest BCUT2D eigenvalue weighted by molar-refractivity contribution is 0.0693. The lowest BCUT2D eigenvalue weighted by atomic mass is 10.1. The number of carboxylic acid groups (broad SMARTS) is 1. The number of carbonyl (C=O) groups excluding carboxylic acids is 1. The first-order chi connectivity index (χ1) is 14.1. The quantitative estimate of drug-likeness (QED) is 0.621. The predicted molar refractivity (Wildman–Crippen MR) is 111 cm³/mol. The summed E-state index contributed by atoms with van der Waals surface area (Å²) in [4.78, 5) is 26.0. The molecule has 0 unspecified atom stereocenters. The molecule has 3 aromatic carbocycles. The van der Waals surface area contributed by atoms with Gasteiger partial charge in [-0.2, -0.15) is 0 Å². The van der Waals surface area contributed by atoms with Crippen molar-refractivity contribution >= 4 is 11.9 Å². The summed E-state index contributed by atoms with van der Waals surface area (Å²) in [6.07, 6.45) is 0. The van der Waals surface area contributed by atoms with E-state index in [0.717, 1.165) is 16.7 Å². The summed E-state index contributed by atoms with van der Waals surface area (Å²) in [5.74, 6) is -1.05. The third-order valence-corrected chi connectivity index (χ3v) is 4.59. The van der Waals surface area contributed by atoms with Crippen molar-refractivity contribution in [2.24, 2.45) is 0 Å². The molecule has 0 aliphatic carbocycles. The highest BCUT2D eigenvalue weighted by atomic mass is 16.5. The van der Waals surface area contributed by atoms with E-state index in [0.29, 0.717) is 25.3 Å². The van der Waals surface area contributed by atoms with Crippen LogP contribution in [0.1, 0.15) is 37.4 Å². The van der Waals surface area contributed by atoms with Gasteiger partial charge in [-0.15, -0.1) is 0 Å². The SMILES string of the molecule is COCc1ccc(C(=O)N(Cc2ccccc2)Cc2ccc(C(=O)O)cc2)cc1. The molecule has 0 bridgehead atoms. The highest BCUT2D eigenvalue weighted by molar-refractivity contribution is 5.94. The maximum atomic E-state index is 13.2. The summed E-state index contributed by atoms with van der Waals surface area (Å²) in [6, 6.07) is 23.8. The smallest absolute Gasteiger partial charge is 0.335 e. The average Bonchev–Trinajstić information content (AvgIpc) is 2.75. The van der Waals surface area contributed by atoms with Crippen LogP contribution in [0.3, 0.4) is 0 Å². The van der Waals surface area contributed by atoms with Gasteiger partial charge in [-0.1, -0.05) is 54.6 Å². The number of rotatable bonds is 8. The minimum atomic E-state index is -0.968. The first kappa shape index (κ1) is 20.3. The van der Waals surface area contributed by atoms with Crippen LogP contribution in [0.5, 0.6) is 0 Å². The highest BCUT2D eigenvalue weighted by Gasteiger charge is 2.17. The molecule has 3 rings (SSSR count). The number of hydrogen-bond donors (Lipinski definition) is 1. The van der Waals surface area contributed by atoms with Gasteiger partial charge >= 0.3 is 5.97 Å². The third-order valence-electron chi connectivity index (χ3n) is 4.59. The van der Waals surface area contributed by atoms with Crippen molar-refractivity contribution in [3.63, 3.8) is 0 Å². The number of nitrogens with zero attached hydrogens (tertiary/aromatic N) is 1. The summed E-state index contributed by atoms with van der Waals surface area (Å²) in [5, 5.41) is 9.08. The molecule has 3 aromatic rings. The molecule has 0 saturated carbocycles. The van der Waals surface area contributed by atoms with Gasteiger partial charge in [0.05, 0.1) is 12.2 Å². The van der Waals surface area contributed by atoms with Crippen LogP contribution in [0.4, 0.5) is 0 Å². The molecule has 0 radical (unpaired) electrons. The number of carbonyl (C=O) groups is 2. The molecule has 0 aliphatic heterocycles. The van der Waals surface area contributed by atoms with Gasteiger partial charge in [0, 0.05) is 25.8 Å². The Hall–Kier alpha value is -3.44. The van der Waals surface area contributed by atoms with E-state index in [9.17, 15) is 9.59 Å². The van der Waals surface area contributed by atoms with E-state index in [4.69, 9.17) is 9.84 Å². The van der Waals surface area contributed by atoms with E-state index in [1.807, 2.05) is 54.6 Å². The zero-order valence-corrected chi connectivity index (χ0v) is 16.2. The molecule has 0 atom stereocenters. The lowest BCUT2D eigenvalue weighted by Gasteiger charge is -2.23. The molecule has 0 aliphatic rings. The van der Waals surface area contributed by atoms with Crippen molar-refractivity contribution in [2.45, 2.75) is 19.7 Å². The van der Waals surface area contributed by atoms with Gasteiger partial charge in [-0.3, -0.25) is 4.79 Å². The first-order valence-electron chi connectivity index (χ1n) is 9.30. The number of ether oxygens (including phenoxy) is 1. The molecule has 0 aromatic heterocycles. The van der Waals surface area contributed by atoms with E-state index < -0.39 is 5.97 Å². The van der Waals surface area contributed by atoms with Crippen molar-refractivity contribution in [1.29, 1.82) is 0 Å². The Balaban J connectivity index is 1.83. The minimum Gasteiger partial charge on any atom is -0.478 e. The molecule has 1 N–H and O–H groups in total. The second-order valence-electron chi connectivity index (χ2n) is 6.78. The highest BCUT2D eigenvalue weighted by Crippen LogP contribution is 2.16. The van der Waals surface area contributed by atoms with E-state index >= 15 is 0 Å². The van der Waals surface area contributed by atoms with Gasteiger partial charge in [0.2, 0.25) is 0 Å². The van der Waals surface area contributed by atoms with Crippen molar-refractivity contribution in [2.75, 3.05) is 7.11 Å². The molecule has 1 amide bonds. The number of hydrogen-bond acceptors (Lipinski definition) is 3. The number of methoxy groups -OCH3 is 1. The first-order valence-corrected chi connectivity index (χ1v) is 9.30. The monoisotopic (exact) mass is 389 g/mol. The zero-order chi connectivity index (χ0) is 20.6. The van der Waals surface area contributed by atoms with Crippen LogP contribution in [0, 0.1) is 0 Å². The molecule has 0 heterocycles. The van der Waals surface area contributed by atoms with Crippen molar-refractivity contribution in [3.05, 3.63) is 107 Å². The van der Waals surface area contributed by atoms with Crippen molar-refractivity contribution in [1.82, 2.24) is 4.90 Å². The fourth-order valence-corrected chi connectivity index (χ4v) is 3.07. The Morgan fingerprint density at radius 3 is 1.83 bits per heavy atom. The second-order valence-corrected chi connectivity index (χ2v) is 6.78. The van der Waals surface area contributed by atoms with E-state index in [-0.39, 0.29) is 11.5 Å². The van der Waals surface area contributed by atoms with Crippen LogP contribution in [0.25, 0.3) is 0 Å². The van der Waals surface area contributed by atoms with E-state index in [1.54, 1.807) is 36.3 Å². The van der Waals surface area contributed by atoms with Crippen molar-refractivity contribution < 1.29 is 19.4 Å². The van der Waals surface area contributed by atoms with Crippen LogP contribution in [0.15, 0.2) is 78.9 Å². The van der Waals surface area contributed by atoms with Crippen LogP contribution in [-0.2, 0) is 24.4 Å². The van der Waals surface area contributed by atoms with Gasteiger partial charge in [0.25, 0.3) is 5.91 Å². The molecule has 148 valence electrons. The fourth-order valence-electron chi connectivity index (χ4n) is 3.07. The zero-order valence-electron chi connectivity index (χ0n) is 16.2. The maximum Gasteiger partial charge on any atom is 0.335 e. The Morgan fingerprint density at radius 1 is 0.759 bits per heavy atom. The standard InChI is InChI=1S/C24H23NO4/c1-29-17-20-9-11-21(12-10-20)23(26)25(15-18-5-3-2-4-6-18)16-19-7-13-22(14-8-19)24(27)28/h2-14H,15-17H2,1H3,(H,27,28). The molecule has 29 heavy (non-hydrogen) atoms. The number of amides is 1. The molecule has 0 spiro atoms. The molecule has 0 saturated heterocycles. The van der Waals surface area contributed by atoms with Gasteiger partial charge < -0.3 is 14.7 Å². The largest absolute Gasteiger partial charge is 0.478 e. The minimum absolute atomic E-state index is 0.0832. The maximum absolute atomic E-state index is 13.2. The number of aromatic carboxylic acids is 1. The van der Waals surface area contributed by atoms with Crippen LogP contribution < -0.4 is 0 Å². The summed E-state index contributed by atoms with van der Waals surface area (Å²) >= 11 is 0. The Kier molecular flexibility index (Phi) is 6.76. The average molecular weight is 389 g/mol. The molecule has 5 nitrogen and oxygen atoms in total. The predicted octanol–water partition coefficient (Wildman–Crippen LogP) is 4.37. The summed E-state index contributed by atoms with van der Waals surface area (Å²) < 4.78 is 5.12.